The Labute approximate surface area is 208 Å². The zero-order chi connectivity index (χ0) is 25.0. The molecule has 0 aliphatic heterocycles. The Balaban J connectivity index is 0.000000346. The van der Waals surface area contributed by atoms with Crippen molar-refractivity contribution in [3.63, 3.8) is 0 Å². The fraction of sp³-hybridized carbons (Fsp3) is 0.462. The van der Waals surface area contributed by atoms with Crippen LogP contribution in [-0.4, -0.2) is 42.5 Å². The van der Waals surface area contributed by atoms with Gasteiger partial charge in [0.05, 0.1) is 11.8 Å². The Morgan fingerprint density at radius 2 is 1.52 bits per heavy atom. The molecule has 0 N–H and O–H groups in total. The molecule has 2 aromatic rings. The molecule has 0 saturated carbocycles. The normalized spacial score (nSPS) is 10.6. The fourth-order valence-electron chi connectivity index (χ4n) is 3.33. The number of nitrogens with zero attached hydrogens (tertiary/aromatic N) is 2. The van der Waals surface area contributed by atoms with Crippen molar-refractivity contribution >= 4 is 46.4 Å². The smallest absolute Gasteiger partial charge is 0.243 e. The number of ether oxygens (including phenoxy) is 1. The van der Waals surface area contributed by atoms with E-state index in [0.717, 1.165) is 28.9 Å². The number of carbonyl (C=O) groups is 2. The van der Waals surface area contributed by atoms with E-state index in [1.165, 1.54) is 0 Å². The summed E-state index contributed by atoms with van der Waals surface area (Å²) in [4.78, 5) is 26.9. The molecule has 2 rings (SSSR count). The standard InChI is InChI=1S/C15H22ClNO2.C11H14ClNO/c1-5-13-8-6-7-12(4)15(13)17(14(18)9-16)10-19-11(2)3;1-9(2)13(11(14)8-12)10-6-4-3-5-7-10/h6-8,11H,5,9-10H2,1-4H3;3-7,9H,8H2,1-2H3. The third-order valence-corrected chi connectivity index (χ3v) is 5.32. The van der Waals surface area contributed by atoms with Crippen LogP contribution in [-0.2, 0) is 20.7 Å². The zero-order valence-electron chi connectivity index (χ0n) is 20.5. The molecular weight excluding hydrogens is 459 g/mol. The highest BCUT2D eigenvalue weighted by Gasteiger charge is 2.20. The molecule has 7 heteroatoms. The molecule has 0 bridgehead atoms. The molecular formula is C26H36Cl2N2O3. The van der Waals surface area contributed by atoms with Crippen molar-refractivity contribution in [2.24, 2.45) is 0 Å². The van der Waals surface area contributed by atoms with E-state index in [0.29, 0.717) is 0 Å². The quantitative estimate of drug-likeness (QED) is 0.308. The Morgan fingerprint density at radius 3 is 2.00 bits per heavy atom. The average molecular weight is 495 g/mol. The largest absolute Gasteiger partial charge is 0.358 e. The molecule has 0 radical (unpaired) electrons. The maximum atomic E-state index is 12.1. The lowest BCUT2D eigenvalue weighted by Crippen LogP contribution is -2.37. The molecule has 5 nitrogen and oxygen atoms in total. The third kappa shape index (κ3) is 9.00. The van der Waals surface area contributed by atoms with Gasteiger partial charge >= 0.3 is 0 Å². The number of aryl methyl sites for hydroxylation is 2. The van der Waals surface area contributed by atoms with Crippen molar-refractivity contribution in [1.82, 2.24) is 0 Å². The monoisotopic (exact) mass is 494 g/mol. The molecule has 2 aromatic carbocycles. The first-order valence-corrected chi connectivity index (χ1v) is 12.2. The van der Waals surface area contributed by atoms with Crippen LogP contribution in [0.3, 0.4) is 0 Å². The van der Waals surface area contributed by atoms with E-state index in [1.807, 2.05) is 83.1 Å². The van der Waals surface area contributed by atoms with E-state index in [1.54, 1.807) is 9.80 Å². The van der Waals surface area contributed by atoms with Crippen LogP contribution >= 0.6 is 23.2 Å². The number of benzene rings is 2. The van der Waals surface area contributed by atoms with Crippen molar-refractivity contribution in [1.29, 1.82) is 0 Å². The Bertz CT molecular complexity index is 873. The van der Waals surface area contributed by atoms with Gasteiger partial charge in [-0.25, -0.2) is 0 Å². The Morgan fingerprint density at radius 1 is 0.909 bits per heavy atom. The molecule has 33 heavy (non-hydrogen) atoms. The first-order valence-electron chi connectivity index (χ1n) is 11.2. The molecule has 0 spiro atoms. The fourth-order valence-corrected chi connectivity index (χ4v) is 3.60. The van der Waals surface area contributed by atoms with Crippen LogP contribution in [0.1, 0.15) is 45.7 Å². The van der Waals surface area contributed by atoms with Gasteiger partial charge in [0.1, 0.15) is 18.5 Å². The van der Waals surface area contributed by atoms with Crippen LogP contribution in [0.15, 0.2) is 48.5 Å². The Kier molecular flexibility index (Phi) is 13.1. The summed E-state index contributed by atoms with van der Waals surface area (Å²) in [5.74, 6) is -0.217. The molecule has 182 valence electrons. The molecule has 0 aliphatic carbocycles. The Hall–Kier alpha value is -2.08. The molecule has 0 unspecified atom stereocenters. The van der Waals surface area contributed by atoms with Gasteiger partial charge in [-0.1, -0.05) is 43.3 Å². The van der Waals surface area contributed by atoms with Gasteiger partial charge in [0.15, 0.2) is 0 Å². The molecule has 0 fully saturated rings. The summed E-state index contributed by atoms with van der Waals surface area (Å²) >= 11 is 11.3. The summed E-state index contributed by atoms with van der Waals surface area (Å²) in [5.41, 5.74) is 4.01. The number of carbonyl (C=O) groups excluding carboxylic acids is 2. The van der Waals surface area contributed by atoms with E-state index in [-0.39, 0.29) is 42.5 Å². The SMILES string of the molecule is CC(C)N(C(=O)CCl)c1ccccc1.CCc1cccc(C)c1N(COC(C)C)C(=O)CCl. The van der Waals surface area contributed by atoms with Gasteiger partial charge in [0, 0.05) is 11.7 Å². The summed E-state index contributed by atoms with van der Waals surface area (Å²) < 4.78 is 5.58. The number of halogens is 2. The van der Waals surface area contributed by atoms with Gasteiger partial charge in [-0.05, 0) is 64.3 Å². The molecule has 0 heterocycles. The second-order valence-corrected chi connectivity index (χ2v) is 8.60. The van der Waals surface area contributed by atoms with Gasteiger partial charge < -0.3 is 9.64 Å². The lowest BCUT2D eigenvalue weighted by molar-refractivity contribution is -0.118. The van der Waals surface area contributed by atoms with Gasteiger partial charge in [-0.2, -0.15) is 0 Å². The van der Waals surface area contributed by atoms with Crippen LogP contribution in [0.4, 0.5) is 11.4 Å². The maximum absolute atomic E-state index is 12.1. The van der Waals surface area contributed by atoms with Gasteiger partial charge in [-0.3, -0.25) is 14.5 Å². The van der Waals surface area contributed by atoms with Crippen molar-refractivity contribution in [2.45, 2.75) is 60.1 Å². The minimum atomic E-state index is -0.133. The van der Waals surface area contributed by atoms with Crippen molar-refractivity contribution in [3.05, 3.63) is 59.7 Å². The number of amides is 2. The van der Waals surface area contributed by atoms with Crippen LogP contribution < -0.4 is 9.80 Å². The van der Waals surface area contributed by atoms with E-state index in [9.17, 15) is 9.59 Å². The van der Waals surface area contributed by atoms with E-state index in [2.05, 4.69) is 6.92 Å². The summed E-state index contributed by atoms with van der Waals surface area (Å²) in [6, 6.07) is 15.7. The average Bonchev–Trinajstić information content (AvgIpc) is 2.80. The van der Waals surface area contributed by atoms with Crippen LogP contribution in [0.2, 0.25) is 0 Å². The molecule has 0 atom stereocenters. The number of alkyl halides is 2. The number of rotatable bonds is 9. The first-order chi connectivity index (χ1) is 15.7. The predicted octanol–water partition coefficient (Wildman–Crippen LogP) is 6.18. The second-order valence-electron chi connectivity index (χ2n) is 8.06. The van der Waals surface area contributed by atoms with E-state index >= 15 is 0 Å². The minimum absolute atomic E-state index is 0.0209. The minimum Gasteiger partial charge on any atom is -0.358 e. The van der Waals surface area contributed by atoms with Crippen LogP contribution in [0.25, 0.3) is 0 Å². The van der Waals surface area contributed by atoms with E-state index < -0.39 is 0 Å². The lowest BCUT2D eigenvalue weighted by atomic mass is 10.0. The third-order valence-electron chi connectivity index (χ3n) is 4.86. The zero-order valence-corrected chi connectivity index (χ0v) is 22.0. The summed E-state index contributed by atoms with van der Waals surface area (Å²) in [7, 11) is 0. The highest BCUT2D eigenvalue weighted by molar-refractivity contribution is 6.29. The predicted molar refractivity (Wildman–Crippen MR) is 140 cm³/mol. The number of anilines is 2. The molecule has 0 saturated heterocycles. The first kappa shape index (κ1) is 29.0. The number of hydrogen-bond donors (Lipinski definition) is 0. The molecule has 0 aromatic heterocycles. The van der Waals surface area contributed by atoms with Gasteiger partial charge in [0.25, 0.3) is 0 Å². The van der Waals surface area contributed by atoms with Crippen molar-refractivity contribution < 1.29 is 14.3 Å². The summed E-state index contributed by atoms with van der Waals surface area (Å²) in [5, 5.41) is 0. The van der Waals surface area contributed by atoms with Crippen LogP contribution in [0.5, 0.6) is 0 Å². The number of hydrogen-bond acceptors (Lipinski definition) is 3. The van der Waals surface area contributed by atoms with Crippen molar-refractivity contribution in [3.8, 4) is 0 Å². The van der Waals surface area contributed by atoms with Crippen molar-refractivity contribution in [2.75, 3.05) is 28.3 Å². The molecule has 2 amide bonds. The maximum Gasteiger partial charge on any atom is 0.243 e. The second kappa shape index (κ2) is 14.9. The topological polar surface area (TPSA) is 49.9 Å². The summed E-state index contributed by atoms with van der Waals surface area (Å²) in [6.07, 6.45) is 0.935. The highest BCUT2D eigenvalue weighted by atomic mass is 35.5. The highest BCUT2D eigenvalue weighted by Crippen LogP contribution is 2.26. The molecule has 0 aliphatic rings. The van der Waals surface area contributed by atoms with Gasteiger partial charge in [-0.15, -0.1) is 23.2 Å². The summed E-state index contributed by atoms with van der Waals surface area (Å²) in [6.45, 7) is 12.1. The van der Waals surface area contributed by atoms with Gasteiger partial charge in [0.2, 0.25) is 11.8 Å². The number of para-hydroxylation sites is 2. The van der Waals surface area contributed by atoms with Crippen LogP contribution in [0, 0.1) is 6.92 Å². The van der Waals surface area contributed by atoms with E-state index in [4.69, 9.17) is 27.9 Å². The lowest BCUT2D eigenvalue weighted by Gasteiger charge is -2.27.